The number of hydrogen-bond donors (Lipinski definition) is 1. The number of carbonyl (C=O) groups excluding carboxylic acids is 2. The summed E-state index contributed by atoms with van der Waals surface area (Å²) in [6.07, 6.45) is 3.11. The highest BCUT2D eigenvalue weighted by Gasteiger charge is 2.47. The largest absolute Gasteiger partial charge is 0.460 e. The molecule has 0 spiro atoms. The number of ether oxygens (including phenoxy) is 2. The van der Waals surface area contributed by atoms with Gasteiger partial charge in [0, 0.05) is 5.75 Å². The maximum Gasteiger partial charge on any atom is 0.408 e. The number of carbonyl (C=O) groups is 2. The van der Waals surface area contributed by atoms with E-state index in [1.165, 1.54) is 6.42 Å². The van der Waals surface area contributed by atoms with E-state index in [9.17, 15) is 9.59 Å². The molecule has 1 N–H and O–H groups in total. The second-order valence-electron chi connectivity index (χ2n) is 8.84. The Kier molecular flexibility index (Phi) is 7.49. The Bertz CT molecular complexity index is 687. The highest BCUT2D eigenvalue weighted by atomic mass is 32.2. The summed E-state index contributed by atoms with van der Waals surface area (Å²) in [4.78, 5) is 25.7. The summed E-state index contributed by atoms with van der Waals surface area (Å²) < 4.78 is 11.4. The van der Waals surface area contributed by atoms with E-state index in [4.69, 9.17) is 9.47 Å². The van der Waals surface area contributed by atoms with Gasteiger partial charge in [0.1, 0.15) is 12.7 Å². The third kappa shape index (κ3) is 5.68. The van der Waals surface area contributed by atoms with Crippen molar-refractivity contribution in [2.24, 2.45) is 17.8 Å². The van der Waals surface area contributed by atoms with Crippen molar-refractivity contribution in [2.45, 2.75) is 64.7 Å². The van der Waals surface area contributed by atoms with Crippen molar-refractivity contribution in [1.29, 1.82) is 0 Å². The topological polar surface area (TPSA) is 64.6 Å². The van der Waals surface area contributed by atoms with E-state index < -0.39 is 11.6 Å². The summed E-state index contributed by atoms with van der Waals surface area (Å²) in [5.41, 5.74) is -0.0725. The zero-order valence-electron chi connectivity index (χ0n) is 17.7. The molecule has 0 radical (unpaired) electrons. The lowest BCUT2D eigenvalue weighted by atomic mass is 9.75. The molecule has 2 aliphatic rings. The number of rotatable bonds is 6. The molecule has 29 heavy (non-hydrogen) atoms. The molecule has 2 fully saturated rings. The SMILES string of the molecule is CC(C)[C@H]1CC[C@H](C)C[C@@H]1OC(=O)[C@@]1(NC(=O)OCc2ccccc2)CCSC1. The normalized spacial score (nSPS) is 29.4. The van der Waals surface area contributed by atoms with Crippen molar-refractivity contribution >= 4 is 23.8 Å². The molecule has 1 aliphatic carbocycles. The first-order chi connectivity index (χ1) is 13.9. The first kappa shape index (κ1) is 22.0. The van der Waals surface area contributed by atoms with E-state index in [1.54, 1.807) is 11.8 Å². The molecule has 1 aromatic carbocycles. The van der Waals surface area contributed by atoms with E-state index in [0.29, 0.717) is 29.9 Å². The van der Waals surface area contributed by atoms with Crippen LogP contribution in [0.3, 0.4) is 0 Å². The lowest BCUT2D eigenvalue weighted by Gasteiger charge is -2.38. The van der Waals surface area contributed by atoms with Crippen molar-refractivity contribution in [2.75, 3.05) is 11.5 Å². The van der Waals surface area contributed by atoms with Gasteiger partial charge in [-0.2, -0.15) is 11.8 Å². The van der Waals surface area contributed by atoms with Crippen LogP contribution in [0.2, 0.25) is 0 Å². The van der Waals surface area contributed by atoms with Crippen molar-refractivity contribution in [3.63, 3.8) is 0 Å². The van der Waals surface area contributed by atoms with Gasteiger partial charge >= 0.3 is 12.1 Å². The molecule has 1 aromatic rings. The van der Waals surface area contributed by atoms with Crippen molar-refractivity contribution in [3.05, 3.63) is 35.9 Å². The minimum absolute atomic E-state index is 0.0733. The third-order valence-electron chi connectivity index (χ3n) is 6.19. The second-order valence-corrected chi connectivity index (χ2v) is 9.95. The van der Waals surface area contributed by atoms with Crippen LogP contribution in [-0.2, 0) is 20.9 Å². The van der Waals surface area contributed by atoms with Crippen LogP contribution in [0.15, 0.2) is 30.3 Å². The maximum atomic E-state index is 13.2. The van der Waals surface area contributed by atoms with E-state index in [0.717, 1.165) is 24.2 Å². The zero-order chi connectivity index (χ0) is 20.9. The molecule has 1 saturated heterocycles. The fourth-order valence-electron chi connectivity index (χ4n) is 4.33. The van der Waals surface area contributed by atoms with Crippen molar-refractivity contribution < 1.29 is 19.1 Å². The monoisotopic (exact) mass is 419 g/mol. The highest BCUT2D eigenvalue weighted by molar-refractivity contribution is 7.99. The lowest BCUT2D eigenvalue weighted by molar-refractivity contribution is -0.162. The molecule has 1 aliphatic heterocycles. The van der Waals surface area contributed by atoms with Crippen LogP contribution in [0.5, 0.6) is 0 Å². The molecule has 1 heterocycles. The van der Waals surface area contributed by atoms with Gasteiger partial charge in [-0.15, -0.1) is 0 Å². The van der Waals surface area contributed by atoms with Gasteiger partial charge in [-0.25, -0.2) is 9.59 Å². The molecule has 5 nitrogen and oxygen atoms in total. The predicted molar refractivity (Wildman–Crippen MR) is 116 cm³/mol. The van der Waals surface area contributed by atoms with Gasteiger partial charge in [-0.05, 0) is 48.3 Å². The second kappa shape index (κ2) is 9.88. The van der Waals surface area contributed by atoms with Gasteiger partial charge in [-0.3, -0.25) is 0 Å². The van der Waals surface area contributed by atoms with Gasteiger partial charge in [0.2, 0.25) is 0 Å². The maximum absolute atomic E-state index is 13.2. The van der Waals surface area contributed by atoms with Gasteiger partial charge < -0.3 is 14.8 Å². The Morgan fingerprint density at radius 1 is 1.24 bits per heavy atom. The average Bonchev–Trinajstić information content (AvgIpc) is 3.17. The van der Waals surface area contributed by atoms with Crippen LogP contribution in [0.25, 0.3) is 0 Å². The van der Waals surface area contributed by atoms with Crippen LogP contribution in [0.1, 0.15) is 52.0 Å². The van der Waals surface area contributed by atoms with Crippen LogP contribution in [0.4, 0.5) is 4.79 Å². The van der Waals surface area contributed by atoms with Crippen LogP contribution in [-0.4, -0.2) is 35.2 Å². The average molecular weight is 420 g/mol. The number of hydrogen-bond acceptors (Lipinski definition) is 5. The highest BCUT2D eigenvalue weighted by Crippen LogP contribution is 2.37. The Balaban J connectivity index is 1.62. The minimum Gasteiger partial charge on any atom is -0.460 e. The number of thioether (sulfide) groups is 1. The van der Waals surface area contributed by atoms with E-state index in [2.05, 4.69) is 26.1 Å². The summed E-state index contributed by atoms with van der Waals surface area (Å²) in [5.74, 6) is 2.46. The summed E-state index contributed by atoms with van der Waals surface area (Å²) in [6.45, 7) is 6.79. The lowest BCUT2D eigenvalue weighted by Crippen LogP contribution is -2.57. The summed E-state index contributed by atoms with van der Waals surface area (Å²) in [6, 6.07) is 9.53. The Labute approximate surface area is 178 Å². The molecule has 0 bridgehead atoms. The molecule has 1 saturated carbocycles. The van der Waals surface area contributed by atoms with Gasteiger partial charge in [-0.1, -0.05) is 57.5 Å². The molecule has 0 aromatic heterocycles. The first-order valence-corrected chi connectivity index (χ1v) is 11.8. The van der Waals surface area contributed by atoms with Crippen molar-refractivity contribution in [1.82, 2.24) is 5.32 Å². The molecular formula is C23H33NO4S. The van der Waals surface area contributed by atoms with Crippen LogP contribution >= 0.6 is 11.8 Å². The van der Waals surface area contributed by atoms with Gasteiger partial charge in [0.25, 0.3) is 0 Å². The Morgan fingerprint density at radius 2 is 2.00 bits per heavy atom. The minimum atomic E-state index is -0.985. The Hall–Kier alpha value is -1.69. The fourth-order valence-corrected chi connectivity index (χ4v) is 5.65. The van der Waals surface area contributed by atoms with Crippen molar-refractivity contribution in [3.8, 4) is 0 Å². The standard InChI is InChI=1S/C23H33NO4S/c1-16(2)19-10-9-17(3)13-20(19)28-21(25)23(11-12-29-15-23)24-22(26)27-14-18-7-5-4-6-8-18/h4-8,16-17,19-20H,9-15H2,1-3H3,(H,24,26)/t17-,19+,20-,23+/m0/s1. The molecular weight excluding hydrogens is 386 g/mol. The molecule has 160 valence electrons. The fraction of sp³-hybridized carbons (Fsp3) is 0.652. The van der Waals surface area contributed by atoms with E-state index in [-0.39, 0.29) is 18.7 Å². The van der Waals surface area contributed by atoms with Gasteiger partial charge in [0.05, 0.1) is 0 Å². The molecule has 6 heteroatoms. The smallest absolute Gasteiger partial charge is 0.408 e. The molecule has 0 unspecified atom stereocenters. The number of alkyl carbamates (subject to hydrolysis) is 1. The zero-order valence-corrected chi connectivity index (χ0v) is 18.5. The molecule has 3 rings (SSSR count). The molecule has 1 amide bonds. The van der Waals surface area contributed by atoms with Crippen LogP contribution in [0, 0.1) is 17.8 Å². The number of benzene rings is 1. The third-order valence-corrected chi connectivity index (χ3v) is 7.38. The first-order valence-electron chi connectivity index (χ1n) is 10.7. The number of esters is 1. The summed E-state index contributed by atoms with van der Waals surface area (Å²) in [5, 5.41) is 2.85. The molecule has 4 atom stereocenters. The summed E-state index contributed by atoms with van der Waals surface area (Å²) >= 11 is 1.66. The predicted octanol–water partition coefficient (Wildman–Crippen LogP) is 4.79. The van der Waals surface area contributed by atoms with E-state index >= 15 is 0 Å². The van der Waals surface area contributed by atoms with E-state index in [1.807, 2.05) is 30.3 Å². The summed E-state index contributed by atoms with van der Waals surface area (Å²) in [7, 11) is 0. The quantitative estimate of drug-likeness (QED) is 0.672. The van der Waals surface area contributed by atoms with Gasteiger partial charge in [0.15, 0.2) is 5.54 Å². The van der Waals surface area contributed by atoms with Crippen LogP contribution < -0.4 is 5.32 Å². The Morgan fingerprint density at radius 3 is 2.66 bits per heavy atom. The number of amides is 1. The number of nitrogens with one attached hydrogen (secondary N) is 1.